The monoisotopic (exact) mass is 320 g/mol. The number of primary sulfonamides is 1. The van der Waals surface area contributed by atoms with Gasteiger partial charge in [0.05, 0.1) is 23.1 Å². The third kappa shape index (κ3) is 4.32. The zero-order valence-corrected chi connectivity index (χ0v) is 12.5. The van der Waals surface area contributed by atoms with Crippen molar-refractivity contribution in [3.05, 3.63) is 23.2 Å². The first-order valence-corrected chi connectivity index (χ1v) is 8.14. The Morgan fingerprint density at radius 2 is 2.05 bits per heavy atom. The predicted molar refractivity (Wildman–Crippen MR) is 75.6 cm³/mol. The lowest BCUT2D eigenvalue weighted by molar-refractivity contribution is 0.0322. The molecule has 0 spiro atoms. The lowest BCUT2D eigenvalue weighted by atomic mass is 10.3. The van der Waals surface area contributed by atoms with E-state index < -0.39 is 10.0 Å². The standard InChI is InChI=1S/C12H17ClN2O4S/c13-11-9-10(20(14,16)17)1-2-12(11)19-8-5-15-3-6-18-7-4-15/h1-2,9H,3-8H2,(H2,14,16,17). The van der Waals surface area contributed by atoms with Gasteiger partial charge in [0.2, 0.25) is 10.0 Å². The molecule has 0 saturated carbocycles. The van der Waals surface area contributed by atoms with Gasteiger partial charge >= 0.3 is 0 Å². The molecule has 0 bridgehead atoms. The number of hydrogen-bond acceptors (Lipinski definition) is 5. The molecule has 1 saturated heterocycles. The molecule has 0 radical (unpaired) electrons. The molecule has 0 aliphatic carbocycles. The summed E-state index contributed by atoms with van der Waals surface area (Å²) in [5.74, 6) is 0.451. The molecule has 112 valence electrons. The van der Waals surface area contributed by atoms with Crippen molar-refractivity contribution in [1.29, 1.82) is 0 Å². The topological polar surface area (TPSA) is 81.9 Å². The highest BCUT2D eigenvalue weighted by molar-refractivity contribution is 7.89. The summed E-state index contributed by atoms with van der Waals surface area (Å²) in [5, 5.41) is 5.26. The maximum atomic E-state index is 11.2. The van der Waals surface area contributed by atoms with Gasteiger partial charge < -0.3 is 9.47 Å². The summed E-state index contributed by atoms with van der Waals surface area (Å²) in [4.78, 5) is 2.21. The normalized spacial score (nSPS) is 17.1. The van der Waals surface area contributed by atoms with Gasteiger partial charge in [0, 0.05) is 19.6 Å². The van der Waals surface area contributed by atoms with Gasteiger partial charge in [0.15, 0.2) is 0 Å². The Bertz CT molecular complexity index is 559. The number of ether oxygens (including phenoxy) is 2. The van der Waals surface area contributed by atoms with Crippen molar-refractivity contribution in [2.24, 2.45) is 5.14 Å². The van der Waals surface area contributed by atoms with Crippen molar-refractivity contribution in [2.45, 2.75) is 4.90 Å². The Balaban J connectivity index is 1.90. The Morgan fingerprint density at radius 3 is 2.65 bits per heavy atom. The predicted octanol–water partition coefficient (Wildman–Crippen LogP) is 0.698. The second-order valence-electron chi connectivity index (χ2n) is 4.44. The molecule has 0 atom stereocenters. The number of halogens is 1. The van der Waals surface area contributed by atoms with E-state index in [1.54, 1.807) is 0 Å². The van der Waals surface area contributed by atoms with Gasteiger partial charge in [-0.05, 0) is 18.2 Å². The summed E-state index contributed by atoms with van der Waals surface area (Å²) < 4.78 is 33.2. The van der Waals surface area contributed by atoms with Crippen LogP contribution in [0.3, 0.4) is 0 Å². The molecule has 1 aliphatic rings. The first-order chi connectivity index (χ1) is 9.47. The van der Waals surface area contributed by atoms with Gasteiger partial charge in [-0.15, -0.1) is 0 Å². The fourth-order valence-electron chi connectivity index (χ4n) is 1.89. The van der Waals surface area contributed by atoms with Crippen LogP contribution in [0.2, 0.25) is 5.02 Å². The fraction of sp³-hybridized carbons (Fsp3) is 0.500. The molecule has 0 aromatic heterocycles. The molecule has 1 heterocycles. The lowest BCUT2D eigenvalue weighted by Gasteiger charge is -2.26. The quantitative estimate of drug-likeness (QED) is 0.863. The van der Waals surface area contributed by atoms with Crippen LogP contribution in [0.4, 0.5) is 0 Å². The minimum absolute atomic E-state index is 0.0250. The Kier molecular flexibility index (Phi) is 5.22. The summed E-state index contributed by atoms with van der Waals surface area (Å²) >= 11 is 5.98. The second kappa shape index (κ2) is 6.73. The van der Waals surface area contributed by atoms with Crippen LogP contribution < -0.4 is 9.88 Å². The highest BCUT2D eigenvalue weighted by Crippen LogP contribution is 2.26. The van der Waals surface area contributed by atoms with E-state index >= 15 is 0 Å². The number of nitrogens with zero attached hydrogens (tertiary/aromatic N) is 1. The van der Waals surface area contributed by atoms with E-state index in [0.717, 1.165) is 32.8 Å². The van der Waals surface area contributed by atoms with Crippen LogP contribution in [0.5, 0.6) is 5.75 Å². The summed E-state index contributed by atoms with van der Waals surface area (Å²) in [6.45, 7) is 4.52. The van der Waals surface area contributed by atoms with Crippen molar-refractivity contribution in [2.75, 3.05) is 39.5 Å². The van der Waals surface area contributed by atoms with Crippen molar-refractivity contribution >= 4 is 21.6 Å². The van der Waals surface area contributed by atoms with Crippen LogP contribution in [0.1, 0.15) is 0 Å². The number of hydrogen-bond donors (Lipinski definition) is 1. The van der Waals surface area contributed by atoms with Gasteiger partial charge in [-0.1, -0.05) is 11.6 Å². The molecule has 6 nitrogen and oxygen atoms in total. The average molecular weight is 321 g/mol. The molecule has 2 rings (SSSR count). The molecule has 2 N–H and O–H groups in total. The largest absolute Gasteiger partial charge is 0.491 e. The van der Waals surface area contributed by atoms with Gasteiger partial charge in [-0.3, -0.25) is 4.90 Å². The van der Waals surface area contributed by atoms with Crippen molar-refractivity contribution in [3.63, 3.8) is 0 Å². The summed E-state index contributed by atoms with van der Waals surface area (Å²) in [7, 11) is -3.74. The summed E-state index contributed by atoms with van der Waals surface area (Å²) in [6.07, 6.45) is 0. The van der Waals surface area contributed by atoms with E-state index in [0.29, 0.717) is 12.4 Å². The maximum absolute atomic E-state index is 11.2. The number of nitrogens with two attached hydrogens (primary N) is 1. The Hall–Kier alpha value is -0.860. The molecular weight excluding hydrogens is 304 g/mol. The van der Waals surface area contributed by atoms with E-state index in [1.165, 1.54) is 18.2 Å². The third-order valence-corrected chi connectivity index (χ3v) is 4.21. The van der Waals surface area contributed by atoms with E-state index in [-0.39, 0.29) is 9.92 Å². The molecule has 1 aliphatic heterocycles. The van der Waals surface area contributed by atoms with Crippen molar-refractivity contribution in [1.82, 2.24) is 4.90 Å². The molecule has 1 aromatic carbocycles. The first-order valence-electron chi connectivity index (χ1n) is 6.22. The molecule has 1 fully saturated rings. The third-order valence-electron chi connectivity index (χ3n) is 3.00. The van der Waals surface area contributed by atoms with E-state index in [1.807, 2.05) is 0 Å². The van der Waals surface area contributed by atoms with Gasteiger partial charge in [0.25, 0.3) is 0 Å². The summed E-state index contributed by atoms with van der Waals surface area (Å²) in [5.41, 5.74) is 0. The van der Waals surface area contributed by atoms with Crippen molar-refractivity contribution < 1.29 is 17.9 Å². The van der Waals surface area contributed by atoms with Crippen LogP contribution in [0, 0.1) is 0 Å². The first kappa shape index (κ1) is 15.5. The SMILES string of the molecule is NS(=O)(=O)c1ccc(OCCN2CCOCC2)c(Cl)c1. The fourth-order valence-corrected chi connectivity index (χ4v) is 2.72. The number of morpholine rings is 1. The van der Waals surface area contributed by atoms with Crippen LogP contribution in [0.15, 0.2) is 23.1 Å². The zero-order chi connectivity index (χ0) is 14.6. The molecule has 1 aromatic rings. The maximum Gasteiger partial charge on any atom is 0.238 e. The van der Waals surface area contributed by atoms with Gasteiger partial charge in [-0.2, -0.15) is 0 Å². The molecule has 0 unspecified atom stereocenters. The van der Waals surface area contributed by atoms with E-state index in [2.05, 4.69) is 4.90 Å². The Morgan fingerprint density at radius 1 is 1.35 bits per heavy atom. The highest BCUT2D eigenvalue weighted by Gasteiger charge is 2.13. The van der Waals surface area contributed by atoms with E-state index in [9.17, 15) is 8.42 Å². The number of benzene rings is 1. The lowest BCUT2D eigenvalue weighted by Crippen LogP contribution is -2.38. The van der Waals surface area contributed by atoms with Gasteiger partial charge in [-0.25, -0.2) is 13.6 Å². The van der Waals surface area contributed by atoms with E-state index in [4.69, 9.17) is 26.2 Å². The minimum atomic E-state index is -3.74. The molecule has 20 heavy (non-hydrogen) atoms. The van der Waals surface area contributed by atoms with Crippen LogP contribution >= 0.6 is 11.6 Å². The molecule has 8 heteroatoms. The van der Waals surface area contributed by atoms with Gasteiger partial charge in [0.1, 0.15) is 12.4 Å². The van der Waals surface area contributed by atoms with Crippen LogP contribution in [0.25, 0.3) is 0 Å². The Labute approximate surface area is 123 Å². The smallest absolute Gasteiger partial charge is 0.238 e. The van der Waals surface area contributed by atoms with Crippen LogP contribution in [-0.2, 0) is 14.8 Å². The highest BCUT2D eigenvalue weighted by atomic mass is 35.5. The zero-order valence-electron chi connectivity index (χ0n) is 10.9. The van der Waals surface area contributed by atoms with Crippen molar-refractivity contribution in [3.8, 4) is 5.75 Å². The molecular formula is C12H17ClN2O4S. The number of sulfonamides is 1. The second-order valence-corrected chi connectivity index (χ2v) is 6.41. The number of rotatable bonds is 5. The average Bonchev–Trinajstić information content (AvgIpc) is 2.40. The minimum Gasteiger partial charge on any atom is -0.491 e. The summed E-state index contributed by atoms with van der Waals surface area (Å²) in [6, 6.07) is 4.19. The van der Waals surface area contributed by atoms with Crippen LogP contribution in [-0.4, -0.2) is 52.8 Å². The molecule has 0 amide bonds.